The van der Waals surface area contributed by atoms with Crippen molar-refractivity contribution in [2.45, 2.75) is 51.5 Å². The van der Waals surface area contributed by atoms with Gasteiger partial charge in [0.1, 0.15) is 6.04 Å². The van der Waals surface area contributed by atoms with Crippen LogP contribution in [-0.4, -0.2) is 21.0 Å². The second kappa shape index (κ2) is 6.99. The zero-order valence-corrected chi connectivity index (χ0v) is 13.5. The van der Waals surface area contributed by atoms with E-state index in [2.05, 4.69) is 4.72 Å². The number of carbonyl (C=O) groups excluding carboxylic acids is 1. The van der Waals surface area contributed by atoms with Gasteiger partial charge in [-0.2, -0.15) is 0 Å². The number of hydrogen-bond acceptors (Lipinski definition) is 3. The van der Waals surface area contributed by atoms with Crippen LogP contribution in [0.5, 0.6) is 0 Å². The van der Waals surface area contributed by atoms with Crippen molar-refractivity contribution in [3.8, 4) is 0 Å². The lowest BCUT2D eigenvalue weighted by Gasteiger charge is -2.24. The van der Waals surface area contributed by atoms with Gasteiger partial charge < -0.3 is 4.74 Å². The van der Waals surface area contributed by atoms with Gasteiger partial charge in [0.05, 0.1) is 21.8 Å². The zero-order valence-electron chi connectivity index (χ0n) is 12.7. The van der Waals surface area contributed by atoms with Crippen molar-refractivity contribution in [3.05, 3.63) is 35.9 Å². The van der Waals surface area contributed by atoms with Crippen molar-refractivity contribution in [3.63, 3.8) is 0 Å². The molecule has 1 rings (SSSR count). The van der Waals surface area contributed by atoms with Crippen molar-refractivity contribution < 1.29 is 13.7 Å². The summed E-state index contributed by atoms with van der Waals surface area (Å²) in [5, 5.41) is 0. The molecule has 0 aliphatic heterocycles. The minimum Gasteiger partial charge on any atom is -0.462 e. The van der Waals surface area contributed by atoms with E-state index in [4.69, 9.17) is 4.74 Å². The Labute approximate surface area is 123 Å². The summed E-state index contributed by atoms with van der Waals surface area (Å²) in [5.41, 5.74) is 0.746. The number of ether oxygens (including phenoxy) is 1. The predicted molar refractivity (Wildman–Crippen MR) is 81.4 cm³/mol. The average molecular weight is 297 g/mol. The average Bonchev–Trinajstić information content (AvgIpc) is 2.34. The highest BCUT2D eigenvalue weighted by atomic mass is 32.2. The van der Waals surface area contributed by atoms with E-state index >= 15 is 0 Å². The highest BCUT2D eigenvalue weighted by molar-refractivity contribution is 7.84. The molecule has 1 N–H and O–H groups in total. The summed E-state index contributed by atoms with van der Waals surface area (Å²) in [7, 11) is -1.35. The van der Waals surface area contributed by atoms with Crippen molar-refractivity contribution in [1.29, 1.82) is 0 Å². The van der Waals surface area contributed by atoms with Crippen LogP contribution in [0.25, 0.3) is 0 Å². The number of rotatable bonds is 5. The van der Waals surface area contributed by atoms with E-state index < -0.39 is 27.7 Å². The standard InChI is InChI=1S/C15H23NO3S/c1-11(2)19-14(17)13(12-9-7-6-8-10-12)16-20(18)15(3,4)5/h6-11,13,16H,1-5H3/t13-,20?/m1/s1. The van der Waals surface area contributed by atoms with Crippen LogP contribution in [0, 0.1) is 0 Å². The van der Waals surface area contributed by atoms with Crippen molar-refractivity contribution in [1.82, 2.24) is 4.72 Å². The quantitative estimate of drug-likeness (QED) is 0.850. The number of hydrogen-bond donors (Lipinski definition) is 1. The Bertz CT molecular complexity index is 466. The van der Waals surface area contributed by atoms with Gasteiger partial charge in [0, 0.05) is 0 Å². The third-order valence-electron chi connectivity index (χ3n) is 2.50. The number of benzene rings is 1. The lowest BCUT2D eigenvalue weighted by atomic mass is 10.1. The lowest BCUT2D eigenvalue weighted by Crippen LogP contribution is -2.39. The van der Waals surface area contributed by atoms with Gasteiger partial charge in [0.25, 0.3) is 0 Å². The lowest BCUT2D eigenvalue weighted by molar-refractivity contribution is -0.149. The Morgan fingerprint density at radius 3 is 2.20 bits per heavy atom. The fraction of sp³-hybridized carbons (Fsp3) is 0.533. The second-order valence-electron chi connectivity index (χ2n) is 5.83. The summed E-state index contributed by atoms with van der Waals surface area (Å²) in [6, 6.07) is 8.46. The topological polar surface area (TPSA) is 55.4 Å². The maximum atomic E-state index is 12.2. The van der Waals surface area contributed by atoms with E-state index in [1.54, 1.807) is 13.8 Å². The van der Waals surface area contributed by atoms with E-state index in [9.17, 15) is 9.00 Å². The molecule has 1 aromatic carbocycles. The van der Waals surface area contributed by atoms with Gasteiger partial charge >= 0.3 is 5.97 Å². The van der Waals surface area contributed by atoms with Gasteiger partial charge in [-0.05, 0) is 40.2 Å². The van der Waals surface area contributed by atoms with Crippen LogP contribution < -0.4 is 4.72 Å². The molecule has 0 fully saturated rings. The summed E-state index contributed by atoms with van der Waals surface area (Å²) in [6.45, 7) is 9.14. The van der Waals surface area contributed by atoms with Gasteiger partial charge in [0.15, 0.2) is 0 Å². The molecule has 0 heterocycles. The van der Waals surface area contributed by atoms with Crippen LogP contribution in [0.4, 0.5) is 0 Å². The first-order valence-electron chi connectivity index (χ1n) is 6.65. The highest BCUT2D eigenvalue weighted by Crippen LogP contribution is 2.19. The summed E-state index contributed by atoms with van der Waals surface area (Å²) >= 11 is 0. The van der Waals surface area contributed by atoms with Gasteiger partial charge in [-0.25, -0.2) is 13.7 Å². The van der Waals surface area contributed by atoms with Crippen LogP contribution in [0.3, 0.4) is 0 Å². The van der Waals surface area contributed by atoms with E-state index in [-0.39, 0.29) is 6.10 Å². The molecule has 0 radical (unpaired) electrons. The SMILES string of the molecule is CC(C)OC(=O)[C@H](NS(=O)C(C)(C)C)c1ccccc1. The molecule has 5 heteroatoms. The van der Waals surface area contributed by atoms with Crippen LogP contribution in [0.1, 0.15) is 46.2 Å². The van der Waals surface area contributed by atoms with Crippen molar-refractivity contribution in [2.75, 3.05) is 0 Å². The molecule has 0 aliphatic rings. The van der Waals surface area contributed by atoms with E-state index in [1.807, 2.05) is 51.1 Å². The molecule has 0 bridgehead atoms. The number of nitrogens with one attached hydrogen (secondary N) is 1. The number of carbonyl (C=O) groups is 1. The van der Waals surface area contributed by atoms with Crippen molar-refractivity contribution in [2.24, 2.45) is 0 Å². The summed E-state index contributed by atoms with van der Waals surface area (Å²) in [6.07, 6.45) is -0.210. The fourth-order valence-corrected chi connectivity index (χ4v) is 2.28. The third kappa shape index (κ3) is 5.06. The smallest absolute Gasteiger partial charge is 0.328 e. The summed E-state index contributed by atoms with van der Waals surface area (Å²) < 4.78 is 19.9. The van der Waals surface area contributed by atoms with Gasteiger partial charge in [0.2, 0.25) is 0 Å². The van der Waals surface area contributed by atoms with Gasteiger partial charge in [-0.15, -0.1) is 0 Å². The van der Waals surface area contributed by atoms with Crippen LogP contribution in [-0.2, 0) is 20.5 Å². The Hall–Kier alpha value is -1.20. The van der Waals surface area contributed by atoms with E-state index in [0.717, 1.165) is 5.56 Å². The molecule has 112 valence electrons. The van der Waals surface area contributed by atoms with Crippen LogP contribution in [0.2, 0.25) is 0 Å². The maximum absolute atomic E-state index is 12.2. The normalized spacial score (nSPS) is 14.9. The molecule has 1 unspecified atom stereocenters. The minimum absolute atomic E-state index is 0.210. The predicted octanol–water partition coefficient (Wildman–Crippen LogP) is 2.73. The Kier molecular flexibility index (Phi) is 5.89. The van der Waals surface area contributed by atoms with E-state index in [1.165, 1.54) is 0 Å². The Morgan fingerprint density at radius 1 is 1.20 bits per heavy atom. The Morgan fingerprint density at radius 2 is 1.75 bits per heavy atom. The minimum atomic E-state index is -1.35. The largest absolute Gasteiger partial charge is 0.462 e. The molecule has 0 saturated carbocycles. The molecule has 2 atom stereocenters. The Balaban J connectivity index is 2.97. The molecule has 0 aliphatic carbocycles. The maximum Gasteiger partial charge on any atom is 0.328 e. The summed E-state index contributed by atoms with van der Waals surface area (Å²) in [5.74, 6) is -0.413. The van der Waals surface area contributed by atoms with Crippen molar-refractivity contribution >= 4 is 17.0 Å². The van der Waals surface area contributed by atoms with Crippen LogP contribution >= 0.6 is 0 Å². The van der Waals surface area contributed by atoms with Gasteiger partial charge in [-0.3, -0.25) is 0 Å². The highest BCUT2D eigenvalue weighted by Gasteiger charge is 2.29. The van der Waals surface area contributed by atoms with Gasteiger partial charge in [-0.1, -0.05) is 30.3 Å². The molecular formula is C15H23NO3S. The molecule has 0 spiro atoms. The molecule has 0 saturated heterocycles. The zero-order chi connectivity index (χ0) is 15.3. The molecule has 4 nitrogen and oxygen atoms in total. The second-order valence-corrected chi connectivity index (χ2v) is 7.83. The molecule has 20 heavy (non-hydrogen) atoms. The molecular weight excluding hydrogens is 274 g/mol. The first kappa shape index (κ1) is 16.9. The number of esters is 1. The third-order valence-corrected chi connectivity index (χ3v) is 4.06. The fourth-order valence-electron chi connectivity index (χ4n) is 1.48. The van der Waals surface area contributed by atoms with E-state index in [0.29, 0.717) is 0 Å². The first-order valence-corrected chi connectivity index (χ1v) is 7.80. The molecule has 1 aromatic rings. The molecule has 0 amide bonds. The summed E-state index contributed by atoms with van der Waals surface area (Å²) in [4.78, 5) is 12.2. The van der Waals surface area contributed by atoms with Crippen LogP contribution in [0.15, 0.2) is 30.3 Å². The molecule has 0 aromatic heterocycles. The monoisotopic (exact) mass is 297 g/mol. The first-order chi connectivity index (χ1) is 9.21.